The molecule has 0 spiro atoms. The van der Waals surface area contributed by atoms with Gasteiger partial charge < -0.3 is 43.6 Å². The maximum Gasteiger partial charge on any atom is 0.415 e. The van der Waals surface area contributed by atoms with E-state index >= 15 is 0 Å². The Bertz CT molecular complexity index is 2340. The van der Waals surface area contributed by atoms with Crippen molar-refractivity contribution in [2.75, 3.05) is 33.5 Å². The first kappa shape index (κ1) is 44.8. The zero-order valence-electron chi connectivity index (χ0n) is 36.2. The SMILES string of the molecule is C=CCO[C@@]12Oc3ccc(Oc4ccc5ccccc5c4)cc3[C@H]3[C@H](CCCCO)[C@@H](CCCCO)C=C(C(=NOC4CCCCO4)C[C@@H]1N(C)C(=O)Oc1ccc([N+](=O)[O-])cc1)[C@H]32. The molecule has 1 amide bonds. The van der Waals surface area contributed by atoms with E-state index in [0.29, 0.717) is 48.8 Å². The summed E-state index contributed by atoms with van der Waals surface area (Å²) in [7, 11) is 1.63. The molecule has 2 N–H and O–H groups in total. The van der Waals surface area contributed by atoms with Crippen molar-refractivity contribution in [3.8, 4) is 23.0 Å². The lowest BCUT2D eigenvalue weighted by atomic mass is 9.55. The topological polar surface area (TPSA) is 172 Å². The van der Waals surface area contributed by atoms with E-state index in [9.17, 15) is 25.1 Å². The number of amides is 1. The van der Waals surface area contributed by atoms with Gasteiger partial charge in [-0.25, -0.2) is 4.79 Å². The van der Waals surface area contributed by atoms with Crippen LogP contribution in [0.2, 0.25) is 0 Å². The number of oxime groups is 1. The molecule has 7 atom stereocenters. The number of unbranched alkanes of at least 4 members (excludes halogenated alkanes) is 2. The van der Waals surface area contributed by atoms with Gasteiger partial charge in [0.25, 0.3) is 5.69 Å². The number of hydrogen-bond acceptors (Lipinski definition) is 12. The van der Waals surface area contributed by atoms with E-state index in [4.69, 9.17) is 33.7 Å². The Labute approximate surface area is 373 Å². The smallest absolute Gasteiger partial charge is 0.415 e. The van der Waals surface area contributed by atoms with Crippen LogP contribution in [0.4, 0.5) is 10.5 Å². The Morgan fingerprint density at radius 1 is 0.953 bits per heavy atom. The van der Waals surface area contributed by atoms with Crippen molar-refractivity contribution < 1.29 is 48.5 Å². The number of aliphatic hydroxyl groups is 2. The largest absolute Gasteiger partial charge is 0.459 e. The van der Waals surface area contributed by atoms with Gasteiger partial charge in [-0.15, -0.1) is 6.58 Å². The molecule has 2 heterocycles. The Morgan fingerprint density at radius 3 is 2.42 bits per heavy atom. The van der Waals surface area contributed by atoms with Crippen LogP contribution in [0.25, 0.3) is 10.8 Å². The lowest BCUT2D eigenvalue weighted by Gasteiger charge is -2.59. The summed E-state index contributed by atoms with van der Waals surface area (Å²) in [6.07, 6.45) is 9.81. The average molecular weight is 876 g/mol. The molecule has 0 bridgehead atoms. The zero-order chi connectivity index (χ0) is 44.6. The van der Waals surface area contributed by atoms with Crippen LogP contribution >= 0.6 is 0 Å². The highest BCUT2D eigenvalue weighted by atomic mass is 16.8. The second-order valence-electron chi connectivity index (χ2n) is 17.0. The number of fused-ring (bicyclic) bond motifs is 3. The molecule has 14 heteroatoms. The third-order valence-electron chi connectivity index (χ3n) is 13.0. The van der Waals surface area contributed by atoms with Crippen molar-refractivity contribution in [1.29, 1.82) is 0 Å². The van der Waals surface area contributed by atoms with E-state index in [2.05, 4.69) is 30.9 Å². The number of nitro groups is 1. The van der Waals surface area contributed by atoms with Crippen LogP contribution in [0.5, 0.6) is 23.0 Å². The standard InChI is InChI=1S/C50H57N3O11/c1-3-27-60-50-45(52(2)49(56)62-37-21-18-36(19-22-37)53(57)58)32-43(51-64-46-16-8-11-28-59-46)41-30-35(14-6-9-25-54)40(15-7-10-26-55)47(48(41)50)42-31-39(23-24-44(42)63-50)61-38-20-17-33-12-4-5-13-34(33)29-38/h3-5,12-13,17-24,29-31,35,40,45-48,54-55H,1,6-11,14-16,25-28,32H2,2H3/t35-,40+,45-,46?,47+,48+,50+/m0/s1. The van der Waals surface area contributed by atoms with Gasteiger partial charge in [0, 0.05) is 56.7 Å². The molecule has 0 aromatic heterocycles. The van der Waals surface area contributed by atoms with Crippen LogP contribution in [-0.4, -0.2) is 83.4 Å². The van der Waals surface area contributed by atoms with Gasteiger partial charge in [0.15, 0.2) is 0 Å². The van der Waals surface area contributed by atoms with Crippen LogP contribution in [0.3, 0.4) is 0 Å². The zero-order valence-corrected chi connectivity index (χ0v) is 36.2. The number of aliphatic hydroxyl groups excluding tert-OH is 2. The van der Waals surface area contributed by atoms with Gasteiger partial charge in [-0.1, -0.05) is 60.5 Å². The molecule has 1 unspecified atom stereocenters. The summed E-state index contributed by atoms with van der Waals surface area (Å²) in [5, 5.41) is 38.3. The number of benzene rings is 4. The van der Waals surface area contributed by atoms with E-state index in [1.165, 1.54) is 29.2 Å². The Kier molecular flexibility index (Phi) is 14.2. The highest BCUT2D eigenvalue weighted by Crippen LogP contribution is 2.62. The molecule has 338 valence electrons. The Morgan fingerprint density at radius 2 is 1.69 bits per heavy atom. The quantitative estimate of drug-likeness (QED) is 0.0422. The van der Waals surface area contributed by atoms with Crippen molar-refractivity contribution in [3.63, 3.8) is 0 Å². The normalized spacial score (nSPS) is 25.3. The minimum atomic E-state index is -1.51. The van der Waals surface area contributed by atoms with Crippen molar-refractivity contribution in [1.82, 2.24) is 4.90 Å². The predicted octanol–water partition coefficient (Wildman–Crippen LogP) is 9.83. The molecule has 1 saturated heterocycles. The van der Waals surface area contributed by atoms with Gasteiger partial charge in [0.2, 0.25) is 12.1 Å². The Hall–Kier alpha value is -5.80. The minimum Gasteiger partial charge on any atom is -0.459 e. The number of carbonyl (C=O) groups excluding carboxylic acids is 1. The number of non-ortho nitro benzene ring substituents is 1. The summed E-state index contributed by atoms with van der Waals surface area (Å²) in [5.41, 5.74) is 2.29. The molecule has 4 aromatic rings. The van der Waals surface area contributed by atoms with Crippen LogP contribution in [0, 0.1) is 27.9 Å². The van der Waals surface area contributed by atoms with Gasteiger partial charge in [0.1, 0.15) is 29.0 Å². The van der Waals surface area contributed by atoms with E-state index in [1.54, 1.807) is 13.1 Å². The highest BCUT2D eigenvalue weighted by Gasteiger charge is 2.65. The number of carbonyl (C=O) groups is 1. The third-order valence-corrected chi connectivity index (χ3v) is 13.0. The molecular formula is C50H57N3O11. The first-order valence-electron chi connectivity index (χ1n) is 22.4. The third kappa shape index (κ3) is 9.51. The van der Waals surface area contributed by atoms with Crippen molar-refractivity contribution >= 4 is 28.3 Å². The van der Waals surface area contributed by atoms with Crippen LogP contribution < -0.4 is 14.2 Å². The first-order chi connectivity index (χ1) is 31.2. The summed E-state index contributed by atoms with van der Waals surface area (Å²) in [6.45, 7) is 4.80. The van der Waals surface area contributed by atoms with E-state index in [0.717, 1.165) is 60.4 Å². The van der Waals surface area contributed by atoms with Crippen molar-refractivity contribution in [3.05, 3.63) is 125 Å². The fourth-order valence-electron chi connectivity index (χ4n) is 10.0. The molecule has 2 fully saturated rings. The number of nitrogens with zero attached hydrogens (tertiary/aromatic N) is 3. The number of allylic oxidation sites excluding steroid dienone is 1. The van der Waals surface area contributed by atoms with Crippen LogP contribution in [0.15, 0.2) is 114 Å². The minimum absolute atomic E-state index is 0.00392. The molecule has 4 aromatic carbocycles. The lowest BCUT2D eigenvalue weighted by Crippen LogP contribution is -2.69. The monoisotopic (exact) mass is 875 g/mol. The molecule has 0 radical (unpaired) electrons. The van der Waals surface area contributed by atoms with Gasteiger partial charge in [-0.3, -0.25) is 10.1 Å². The lowest BCUT2D eigenvalue weighted by molar-refractivity contribution is -0.384. The maximum absolute atomic E-state index is 14.3. The molecule has 8 rings (SSSR count). The van der Waals surface area contributed by atoms with E-state index in [1.807, 2.05) is 42.5 Å². The molecule has 2 aliphatic heterocycles. The first-order valence-corrected chi connectivity index (χ1v) is 22.4. The Balaban J connectivity index is 1.27. The average Bonchev–Trinajstić information content (AvgIpc) is 3.31. The number of likely N-dealkylation sites (N-methyl/N-ethyl adjacent to an activating group) is 1. The fraction of sp³-hybridized carbons (Fsp3) is 0.440. The molecule has 64 heavy (non-hydrogen) atoms. The predicted molar refractivity (Wildman–Crippen MR) is 241 cm³/mol. The molecule has 4 aliphatic rings. The molecule has 2 aliphatic carbocycles. The summed E-state index contributed by atoms with van der Waals surface area (Å²) in [4.78, 5) is 32.9. The van der Waals surface area contributed by atoms with Gasteiger partial charge >= 0.3 is 6.09 Å². The highest BCUT2D eigenvalue weighted by molar-refractivity contribution is 6.03. The number of hydrogen-bond donors (Lipinski definition) is 2. The maximum atomic E-state index is 14.3. The number of rotatable bonds is 18. The summed E-state index contributed by atoms with van der Waals surface area (Å²) >= 11 is 0. The number of nitro benzene ring substituents is 1. The number of ether oxygens (including phenoxy) is 5. The van der Waals surface area contributed by atoms with E-state index in [-0.39, 0.29) is 55.4 Å². The van der Waals surface area contributed by atoms with Gasteiger partial charge in [-0.05, 0) is 109 Å². The van der Waals surface area contributed by atoms with Crippen molar-refractivity contribution in [2.24, 2.45) is 22.9 Å². The fourth-order valence-corrected chi connectivity index (χ4v) is 10.0. The summed E-state index contributed by atoms with van der Waals surface area (Å²) in [5.74, 6) is -0.270. The van der Waals surface area contributed by atoms with Gasteiger partial charge in [-0.2, -0.15) is 0 Å². The summed E-state index contributed by atoms with van der Waals surface area (Å²) < 4.78 is 32.7. The summed E-state index contributed by atoms with van der Waals surface area (Å²) in [6, 6.07) is 24.5. The molecule has 1 saturated carbocycles. The second-order valence-corrected chi connectivity index (χ2v) is 17.0. The van der Waals surface area contributed by atoms with Gasteiger partial charge in [0.05, 0.1) is 29.8 Å². The molecular weight excluding hydrogens is 819 g/mol. The van der Waals surface area contributed by atoms with Crippen LogP contribution in [0.1, 0.15) is 75.7 Å². The molecule has 14 nitrogen and oxygen atoms in total. The van der Waals surface area contributed by atoms with Crippen LogP contribution in [-0.2, 0) is 14.3 Å². The van der Waals surface area contributed by atoms with E-state index < -0.39 is 35.1 Å². The second kappa shape index (κ2) is 20.4. The van der Waals surface area contributed by atoms with Crippen molar-refractivity contribution in [2.45, 2.75) is 88.2 Å².